The second-order valence-corrected chi connectivity index (χ2v) is 12.1. The van der Waals surface area contributed by atoms with E-state index in [0.29, 0.717) is 36.6 Å². The van der Waals surface area contributed by atoms with E-state index in [2.05, 4.69) is 15.3 Å². The fourth-order valence-corrected chi connectivity index (χ4v) is 4.93. The molecule has 4 aromatic rings. The number of ether oxygens (including phenoxy) is 2. The van der Waals surface area contributed by atoms with Crippen molar-refractivity contribution < 1.29 is 33.0 Å². The van der Waals surface area contributed by atoms with Gasteiger partial charge in [0.05, 0.1) is 24.4 Å². The maximum Gasteiger partial charge on any atom is 0.329 e. The highest BCUT2D eigenvalue weighted by atomic mass is 19.1. The van der Waals surface area contributed by atoms with Gasteiger partial charge in [-0.25, -0.2) is 13.6 Å². The molecule has 0 saturated heterocycles. The Morgan fingerprint density at radius 1 is 1.04 bits per heavy atom. The predicted octanol–water partition coefficient (Wildman–Crippen LogP) is 6.65. The van der Waals surface area contributed by atoms with Gasteiger partial charge in [0.2, 0.25) is 0 Å². The largest absolute Gasteiger partial charge is 0.497 e. The van der Waals surface area contributed by atoms with Gasteiger partial charge in [0.15, 0.2) is 11.6 Å². The van der Waals surface area contributed by atoms with Crippen molar-refractivity contribution >= 4 is 22.8 Å². The molecule has 0 radical (unpaired) electrons. The van der Waals surface area contributed by atoms with Gasteiger partial charge >= 0.3 is 5.97 Å². The molecular formula is C34H40F2N4O5. The number of benzene rings is 3. The van der Waals surface area contributed by atoms with Crippen LogP contribution in [-0.4, -0.2) is 56.9 Å². The van der Waals surface area contributed by atoms with Crippen LogP contribution in [0.1, 0.15) is 57.0 Å². The van der Waals surface area contributed by atoms with Crippen LogP contribution in [0.3, 0.4) is 0 Å². The van der Waals surface area contributed by atoms with Gasteiger partial charge in [0, 0.05) is 37.1 Å². The molecule has 0 aliphatic rings. The number of amides is 1. The van der Waals surface area contributed by atoms with Crippen molar-refractivity contribution in [2.75, 3.05) is 13.7 Å². The first-order valence-corrected chi connectivity index (χ1v) is 14.8. The number of carboxylic acids is 1. The fourth-order valence-electron chi connectivity index (χ4n) is 4.93. The second-order valence-electron chi connectivity index (χ2n) is 12.1. The molecule has 0 aliphatic carbocycles. The lowest BCUT2D eigenvalue weighted by molar-refractivity contribution is -0.144. The quantitative estimate of drug-likeness (QED) is 0.162. The molecule has 0 unspecified atom stereocenters. The third-order valence-corrected chi connectivity index (χ3v) is 7.68. The third kappa shape index (κ3) is 8.16. The molecule has 0 aliphatic heterocycles. The number of rotatable bonds is 14. The molecule has 0 saturated carbocycles. The van der Waals surface area contributed by atoms with Gasteiger partial charge in [-0.3, -0.25) is 14.4 Å². The van der Waals surface area contributed by atoms with Crippen molar-refractivity contribution in [1.82, 2.24) is 20.0 Å². The number of halogens is 2. The van der Waals surface area contributed by atoms with Crippen LogP contribution in [-0.2, 0) is 17.9 Å². The van der Waals surface area contributed by atoms with Crippen LogP contribution >= 0.6 is 0 Å². The Kier molecular flexibility index (Phi) is 10.4. The molecule has 45 heavy (non-hydrogen) atoms. The SMILES string of the molecule is COc1ccc(CN(CC[C@](C)(NC(=O)c2cc3c(cnn3CC(C)C)cc2Oc2ccc(F)cc2F)C(=O)O)C(C)C)cc1. The van der Waals surface area contributed by atoms with Gasteiger partial charge in [-0.15, -0.1) is 0 Å². The molecule has 1 heterocycles. The summed E-state index contributed by atoms with van der Waals surface area (Å²) in [5.74, 6) is -2.96. The summed E-state index contributed by atoms with van der Waals surface area (Å²) in [5.41, 5.74) is -0.00604. The van der Waals surface area contributed by atoms with Gasteiger partial charge in [-0.1, -0.05) is 26.0 Å². The molecule has 1 amide bonds. The first-order valence-electron chi connectivity index (χ1n) is 14.8. The Morgan fingerprint density at radius 2 is 1.76 bits per heavy atom. The van der Waals surface area contributed by atoms with E-state index < -0.39 is 29.0 Å². The lowest BCUT2D eigenvalue weighted by Gasteiger charge is -2.32. The van der Waals surface area contributed by atoms with Crippen LogP contribution in [0.2, 0.25) is 0 Å². The minimum Gasteiger partial charge on any atom is -0.497 e. The highest BCUT2D eigenvalue weighted by Gasteiger charge is 2.36. The molecule has 1 aromatic heterocycles. The van der Waals surface area contributed by atoms with Crippen molar-refractivity contribution in [3.8, 4) is 17.2 Å². The standard InChI is InChI=1S/C34H40F2N4O5/c1-21(2)19-40-29-17-27(31(15-24(29)18-37-40)45-30-12-9-25(35)16-28(30)36)32(41)38-34(5,33(42)43)13-14-39(22(3)4)20-23-7-10-26(44-6)11-8-23/h7-12,15-18,21-22H,13-14,19-20H2,1-6H3,(H,38,41)(H,42,43)/t34-/m0/s1. The number of hydrogen-bond acceptors (Lipinski definition) is 6. The number of carboxylic acid groups (broad SMARTS) is 1. The first kappa shape index (κ1) is 33.4. The maximum atomic E-state index is 14.6. The van der Waals surface area contributed by atoms with Crippen molar-refractivity contribution in [3.05, 3.63) is 83.6 Å². The van der Waals surface area contributed by atoms with Crippen LogP contribution in [0.4, 0.5) is 8.78 Å². The molecule has 11 heteroatoms. The summed E-state index contributed by atoms with van der Waals surface area (Å²) in [6.07, 6.45) is 1.71. The van der Waals surface area contributed by atoms with Crippen LogP contribution in [0, 0.1) is 17.6 Å². The zero-order chi connectivity index (χ0) is 32.9. The van der Waals surface area contributed by atoms with Crippen LogP contribution in [0.15, 0.2) is 60.8 Å². The number of aliphatic carboxylic acids is 1. The van der Waals surface area contributed by atoms with Gasteiger partial charge in [0.25, 0.3) is 5.91 Å². The van der Waals surface area contributed by atoms with Crippen LogP contribution in [0.5, 0.6) is 17.2 Å². The van der Waals surface area contributed by atoms with E-state index in [4.69, 9.17) is 9.47 Å². The minimum atomic E-state index is -1.66. The minimum absolute atomic E-state index is 0.0110. The summed E-state index contributed by atoms with van der Waals surface area (Å²) in [7, 11) is 1.60. The van der Waals surface area contributed by atoms with Crippen molar-refractivity contribution in [2.45, 2.75) is 65.7 Å². The van der Waals surface area contributed by atoms with Gasteiger partial charge in [0.1, 0.15) is 22.9 Å². The number of carbonyl (C=O) groups is 2. The highest BCUT2D eigenvalue weighted by molar-refractivity contribution is 6.03. The normalized spacial score (nSPS) is 13.0. The third-order valence-electron chi connectivity index (χ3n) is 7.68. The molecular weight excluding hydrogens is 582 g/mol. The van der Waals surface area contributed by atoms with Gasteiger partial charge < -0.3 is 19.9 Å². The first-order chi connectivity index (χ1) is 21.3. The summed E-state index contributed by atoms with van der Waals surface area (Å²) in [5, 5.41) is 18.1. The average molecular weight is 623 g/mol. The van der Waals surface area contributed by atoms with Crippen molar-refractivity contribution in [1.29, 1.82) is 0 Å². The Hall–Kier alpha value is -4.51. The van der Waals surface area contributed by atoms with Crippen molar-refractivity contribution in [2.24, 2.45) is 5.92 Å². The zero-order valence-electron chi connectivity index (χ0n) is 26.4. The number of hydrogen-bond donors (Lipinski definition) is 2. The lowest BCUT2D eigenvalue weighted by atomic mass is 9.96. The smallest absolute Gasteiger partial charge is 0.329 e. The van der Waals surface area contributed by atoms with Gasteiger partial charge in [-0.2, -0.15) is 5.10 Å². The molecule has 9 nitrogen and oxygen atoms in total. The number of fused-ring (bicyclic) bond motifs is 1. The van der Waals surface area contributed by atoms with E-state index >= 15 is 0 Å². The molecule has 0 bridgehead atoms. The number of methoxy groups -OCH3 is 1. The summed E-state index contributed by atoms with van der Waals surface area (Å²) >= 11 is 0. The summed E-state index contributed by atoms with van der Waals surface area (Å²) in [4.78, 5) is 28.6. The number of carbonyl (C=O) groups excluding carboxylic acids is 1. The van der Waals surface area contributed by atoms with E-state index in [9.17, 15) is 23.5 Å². The number of nitrogens with zero attached hydrogens (tertiary/aromatic N) is 3. The summed E-state index contributed by atoms with van der Waals surface area (Å²) < 4.78 is 40.9. The van der Waals surface area contributed by atoms with E-state index in [1.165, 1.54) is 6.92 Å². The van der Waals surface area contributed by atoms with Gasteiger partial charge in [-0.05, 0) is 75.1 Å². The Bertz CT molecular complexity index is 1650. The number of aromatic nitrogens is 2. The summed E-state index contributed by atoms with van der Waals surface area (Å²) in [6, 6.07) is 13.7. The zero-order valence-corrected chi connectivity index (χ0v) is 26.4. The lowest BCUT2D eigenvalue weighted by Crippen LogP contribution is -2.54. The van der Waals surface area contributed by atoms with E-state index in [1.807, 2.05) is 52.0 Å². The second kappa shape index (κ2) is 14.1. The molecule has 0 spiro atoms. The Labute approximate surface area is 261 Å². The summed E-state index contributed by atoms with van der Waals surface area (Å²) in [6.45, 7) is 11.1. The maximum absolute atomic E-state index is 14.6. The Balaban J connectivity index is 1.63. The molecule has 4 rings (SSSR count). The highest BCUT2D eigenvalue weighted by Crippen LogP contribution is 2.33. The topological polar surface area (TPSA) is 106 Å². The predicted molar refractivity (Wildman–Crippen MR) is 168 cm³/mol. The molecule has 1 atom stereocenters. The molecule has 3 aromatic carbocycles. The monoisotopic (exact) mass is 622 g/mol. The van der Waals surface area contributed by atoms with Crippen LogP contribution < -0.4 is 14.8 Å². The molecule has 240 valence electrons. The Morgan fingerprint density at radius 3 is 2.36 bits per heavy atom. The van der Waals surface area contributed by atoms with Crippen LogP contribution in [0.25, 0.3) is 10.9 Å². The molecule has 0 fully saturated rings. The van der Waals surface area contributed by atoms with E-state index in [0.717, 1.165) is 23.4 Å². The van der Waals surface area contributed by atoms with E-state index in [-0.39, 0.29) is 35.4 Å². The number of nitrogens with one attached hydrogen (secondary N) is 1. The van der Waals surface area contributed by atoms with E-state index in [1.54, 1.807) is 30.1 Å². The molecule has 2 N–H and O–H groups in total. The fraction of sp³-hybridized carbons (Fsp3) is 0.382. The average Bonchev–Trinajstić information content (AvgIpc) is 3.36. The van der Waals surface area contributed by atoms with Crippen molar-refractivity contribution in [3.63, 3.8) is 0 Å².